The van der Waals surface area contributed by atoms with Gasteiger partial charge in [0.15, 0.2) is 0 Å². The minimum atomic E-state index is -0.340. The van der Waals surface area contributed by atoms with E-state index in [0.29, 0.717) is 40.2 Å². The molecular formula is C24H21N3O3. The summed E-state index contributed by atoms with van der Waals surface area (Å²) in [5.74, 6) is 0.788. The summed E-state index contributed by atoms with van der Waals surface area (Å²) >= 11 is 0. The van der Waals surface area contributed by atoms with E-state index < -0.39 is 0 Å². The molecule has 0 radical (unpaired) electrons. The lowest BCUT2D eigenvalue weighted by atomic mass is 10.1. The van der Waals surface area contributed by atoms with Gasteiger partial charge in [-0.05, 0) is 44.2 Å². The number of fused-ring (bicyclic) bond motifs is 1. The van der Waals surface area contributed by atoms with Crippen LogP contribution in [0.25, 0.3) is 16.6 Å². The first-order chi connectivity index (χ1) is 14.6. The second-order valence-electron chi connectivity index (χ2n) is 6.72. The van der Waals surface area contributed by atoms with Crippen molar-refractivity contribution < 1.29 is 9.84 Å². The number of aromatic hydroxyl groups is 1. The third kappa shape index (κ3) is 3.55. The van der Waals surface area contributed by atoms with Crippen molar-refractivity contribution in [3.63, 3.8) is 0 Å². The molecule has 0 bridgehead atoms. The Bertz CT molecular complexity index is 1310. The van der Waals surface area contributed by atoms with E-state index in [1.807, 2.05) is 50.2 Å². The van der Waals surface area contributed by atoms with Crippen LogP contribution >= 0.6 is 0 Å². The molecule has 0 spiro atoms. The monoisotopic (exact) mass is 399 g/mol. The fourth-order valence-corrected chi connectivity index (χ4v) is 3.33. The molecule has 0 aliphatic carbocycles. The van der Waals surface area contributed by atoms with E-state index in [-0.39, 0.29) is 11.4 Å². The zero-order chi connectivity index (χ0) is 21.1. The van der Waals surface area contributed by atoms with Crippen molar-refractivity contribution in [3.8, 4) is 17.4 Å². The van der Waals surface area contributed by atoms with Crippen molar-refractivity contribution in [2.24, 2.45) is 4.99 Å². The minimum Gasteiger partial charge on any atom is -0.494 e. The second-order valence-corrected chi connectivity index (χ2v) is 6.72. The summed E-state index contributed by atoms with van der Waals surface area (Å²) < 4.78 is 6.84. The van der Waals surface area contributed by atoms with E-state index >= 15 is 0 Å². The van der Waals surface area contributed by atoms with Crippen molar-refractivity contribution in [2.45, 2.75) is 13.8 Å². The molecule has 150 valence electrons. The number of aryl methyl sites for hydroxylation is 1. The predicted molar refractivity (Wildman–Crippen MR) is 119 cm³/mol. The Kier molecular flexibility index (Phi) is 5.30. The van der Waals surface area contributed by atoms with Crippen LogP contribution < -0.4 is 10.3 Å². The Balaban J connectivity index is 1.95. The zero-order valence-electron chi connectivity index (χ0n) is 16.7. The van der Waals surface area contributed by atoms with Gasteiger partial charge in [0.2, 0.25) is 5.88 Å². The van der Waals surface area contributed by atoms with Crippen LogP contribution in [0.2, 0.25) is 0 Å². The molecule has 4 aromatic rings. The van der Waals surface area contributed by atoms with Gasteiger partial charge in [-0.1, -0.05) is 36.4 Å². The van der Waals surface area contributed by atoms with E-state index in [2.05, 4.69) is 9.98 Å². The molecule has 1 N–H and O–H groups in total. The first kappa shape index (κ1) is 19.4. The third-order valence-corrected chi connectivity index (χ3v) is 4.70. The van der Waals surface area contributed by atoms with Crippen molar-refractivity contribution in [2.75, 3.05) is 6.61 Å². The van der Waals surface area contributed by atoms with Crippen LogP contribution in [-0.4, -0.2) is 27.5 Å². The predicted octanol–water partition coefficient (Wildman–Crippen LogP) is 4.55. The molecule has 0 amide bonds. The molecule has 6 nitrogen and oxygen atoms in total. The van der Waals surface area contributed by atoms with Gasteiger partial charge in [0.25, 0.3) is 5.56 Å². The van der Waals surface area contributed by atoms with Gasteiger partial charge < -0.3 is 9.84 Å². The summed E-state index contributed by atoms with van der Waals surface area (Å²) in [4.78, 5) is 22.1. The number of nitrogens with zero attached hydrogens (tertiary/aromatic N) is 3. The fraction of sp³-hybridized carbons (Fsp3) is 0.125. The van der Waals surface area contributed by atoms with Crippen molar-refractivity contribution in [3.05, 3.63) is 88.3 Å². The molecule has 0 unspecified atom stereocenters. The topological polar surface area (TPSA) is 76.7 Å². The van der Waals surface area contributed by atoms with Gasteiger partial charge in [-0.25, -0.2) is 9.55 Å². The average Bonchev–Trinajstić information content (AvgIpc) is 2.75. The summed E-state index contributed by atoms with van der Waals surface area (Å²) in [6.07, 6.45) is 1.56. The SMILES string of the molecule is CCOc1ccccc1N=Cc1c(O)n(-c2cccc(C)n2)c(=O)c2ccccc12. The molecule has 0 saturated heterocycles. The Morgan fingerprint density at radius 1 is 1.03 bits per heavy atom. The Morgan fingerprint density at radius 3 is 2.53 bits per heavy atom. The summed E-state index contributed by atoms with van der Waals surface area (Å²) in [6.45, 7) is 4.26. The number of ether oxygens (including phenoxy) is 1. The molecule has 6 heteroatoms. The van der Waals surface area contributed by atoms with Gasteiger partial charge in [-0.2, -0.15) is 0 Å². The molecule has 0 aliphatic rings. The summed E-state index contributed by atoms with van der Waals surface area (Å²) in [5, 5.41) is 12.1. The van der Waals surface area contributed by atoms with Gasteiger partial charge in [-0.15, -0.1) is 0 Å². The first-order valence-corrected chi connectivity index (χ1v) is 9.66. The van der Waals surface area contributed by atoms with E-state index in [1.54, 1.807) is 36.5 Å². The zero-order valence-corrected chi connectivity index (χ0v) is 16.7. The van der Waals surface area contributed by atoms with Crippen LogP contribution in [0.5, 0.6) is 11.6 Å². The van der Waals surface area contributed by atoms with Crippen LogP contribution in [-0.2, 0) is 0 Å². The van der Waals surface area contributed by atoms with Crippen LogP contribution in [0.1, 0.15) is 18.2 Å². The molecule has 0 aliphatic heterocycles. The molecule has 2 aromatic heterocycles. The van der Waals surface area contributed by atoms with Gasteiger partial charge in [0, 0.05) is 22.7 Å². The van der Waals surface area contributed by atoms with E-state index in [1.165, 1.54) is 4.57 Å². The van der Waals surface area contributed by atoms with Crippen molar-refractivity contribution >= 4 is 22.7 Å². The largest absolute Gasteiger partial charge is 0.494 e. The van der Waals surface area contributed by atoms with Gasteiger partial charge >= 0.3 is 0 Å². The number of benzene rings is 2. The highest BCUT2D eigenvalue weighted by Gasteiger charge is 2.17. The van der Waals surface area contributed by atoms with Crippen LogP contribution in [0.15, 0.2) is 76.5 Å². The number of hydrogen-bond acceptors (Lipinski definition) is 5. The maximum atomic E-state index is 13.1. The van der Waals surface area contributed by atoms with E-state index in [4.69, 9.17) is 4.74 Å². The number of para-hydroxylation sites is 2. The van der Waals surface area contributed by atoms with Gasteiger partial charge in [-0.3, -0.25) is 9.79 Å². The Morgan fingerprint density at radius 2 is 1.77 bits per heavy atom. The Hall–Kier alpha value is -3.93. The molecular weight excluding hydrogens is 378 g/mol. The quantitative estimate of drug-likeness (QED) is 0.500. The lowest BCUT2D eigenvalue weighted by Crippen LogP contribution is -2.21. The number of rotatable bonds is 5. The first-order valence-electron chi connectivity index (χ1n) is 9.66. The number of aliphatic imine (C=N–C) groups is 1. The van der Waals surface area contributed by atoms with Crippen LogP contribution in [0, 0.1) is 6.92 Å². The molecule has 0 fully saturated rings. The highest BCUT2D eigenvalue weighted by molar-refractivity contribution is 6.02. The van der Waals surface area contributed by atoms with Crippen LogP contribution in [0.4, 0.5) is 5.69 Å². The maximum Gasteiger partial charge on any atom is 0.267 e. The van der Waals surface area contributed by atoms with E-state index in [9.17, 15) is 9.90 Å². The molecule has 0 atom stereocenters. The molecule has 4 rings (SSSR count). The van der Waals surface area contributed by atoms with Gasteiger partial charge in [0.05, 0.1) is 12.2 Å². The highest BCUT2D eigenvalue weighted by Crippen LogP contribution is 2.29. The Labute approximate surface area is 173 Å². The van der Waals surface area contributed by atoms with Crippen molar-refractivity contribution in [1.29, 1.82) is 0 Å². The minimum absolute atomic E-state index is 0.213. The van der Waals surface area contributed by atoms with Crippen LogP contribution in [0.3, 0.4) is 0 Å². The van der Waals surface area contributed by atoms with Crippen molar-refractivity contribution in [1.82, 2.24) is 9.55 Å². The standard InChI is InChI=1S/C24H21N3O3/c1-3-30-21-13-7-6-12-20(21)25-15-19-17-10-4-5-11-18(17)23(28)27(24(19)29)22-14-8-9-16(2)26-22/h4-15,29H,3H2,1-2H3. The van der Waals surface area contributed by atoms with E-state index in [0.717, 1.165) is 5.69 Å². The number of pyridine rings is 2. The normalized spacial score (nSPS) is 11.3. The lowest BCUT2D eigenvalue weighted by Gasteiger charge is -2.13. The molecule has 2 heterocycles. The maximum absolute atomic E-state index is 13.1. The third-order valence-electron chi connectivity index (χ3n) is 4.70. The lowest BCUT2D eigenvalue weighted by molar-refractivity contribution is 0.341. The summed E-state index contributed by atoms with van der Waals surface area (Å²) in [7, 11) is 0. The molecule has 2 aromatic carbocycles. The smallest absolute Gasteiger partial charge is 0.267 e. The highest BCUT2D eigenvalue weighted by atomic mass is 16.5. The number of hydrogen-bond donors (Lipinski definition) is 1. The number of aromatic nitrogens is 2. The average molecular weight is 399 g/mol. The van der Waals surface area contributed by atoms with Gasteiger partial charge in [0.1, 0.15) is 17.3 Å². The summed E-state index contributed by atoms with van der Waals surface area (Å²) in [5.41, 5.74) is 1.47. The fourth-order valence-electron chi connectivity index (χ4n) is 3.33. The molecule has 0 saturated carbocycles. The molecule has 30 heavy (non-hydrogen) atoms. The second kappa shape index (κ2) is 8.21. The summed E-state index contributed by atoms with van der Waals surface area (Å²) in [6, 6.07) is 19.9.